The normalized spacial score (nSPS) is 11.3. The molecule has 0 fully saturated rings. The third-order valence-corrected chi connectivity index (χ3v) is 6.23. The van der Waals surface area contributed by atoms with Crippen LogP contribution in [-0.2, 0) is 0 Å². The molecule has 0 spiro atoms. The van der Waals surface area contributed by atoms with E-state index in [0.29, 0.717) is 0 Å². The molecule has 0 bridgehead atoms. The Morgan fingerprint density at radius 1 is 0.667 bits per heavy atom. The number of benzene rings is 4. The maximum absolute atomic E-state index is 6.27. The molecule has 4 rings (SSSR count). The Labute approximate surface area is 188 Å². The zero-order valence-electron chi connectivity index (χ0n) is 17.7. The van der Waals surface area contributed by atoms with Crippen LogP contribution in [0.1, 0.15) is 45.4 Å². The quantitative estimate of drug-likeness (QED) is 0.178. The Kier molecular flexibility index (Phi) is 7.07. The number of ether oxygens (including phenoxy) is 1. The van der Waals surface area contributed by atoms with Crippen LogP contribution < -0.4 is 4.74 Å². The van der Waals surface area contributed by atoms with Crippen LogP contribution in [0, 0.1) is 0 Å². The molecule has 0 atom stereocenters. The molecule has 30 heavy (non-hydrogen) atoms. The van der Waals surface area contributed by atoms with Crippen molar-refractivity contribution in [2.24, 2.45) is 0 Å². The lowest BCUT2D eigenvalue weighted by molar-refractivity contribution is 0.305. The van der Waals surface area contributed by atoms with E-state index in [1.54, 1.807) is 0 Å². The molecule has 0 aliphatic heterocycles. The molecule has 0 aromatic heterocycles. The Balaban J connectivity index is 1.62. The van der Waals surface area contributed by atoms with E-state index in [9.17, 15) is 0 Å². The van der Waals surface area contributed by atoms with Crippen molar-refractivity contribution in [2.75, 3.05) is 6.61 Å². The van der Waals surface area contributed by atoms with Gasteiger partial charge in [-0.1, -0.05) is 97.4 Å². The monoisotopic (exact) mass is 460 g/mol. The minimum absolute atomic E-state index is 0.772. The van der Waals surface area contributed by atoms with Crippen LogP contribution in [0.2, 0.25) is 0 Å². The first kappa shape index (κ1) is 20.9. The van der Waals surface area contributed by atoms with E-state index in [-0.39, 0.29) is 0 Å². The van der Waals surface area contributed by atoms with E-state index >= 15 is 0 Å². The first-order valence-electron chi connectivity index (χ1n) is 11.1. The van der Waals surface area contributed by atoms with Crippen LogP contribution in [0.5, 0.6) is 5.75 Å². The first-order valence-corrected chi connectivity index (χ1v) is 11.9. The van der Waals surface area contributed by atoms with E-state index in [0.717, 1.165) is 28.8 Å². The van der Waals surface area contributed by atoms with Crippen LogP contribution in [0.4, 0.5) is 0 Å². The number of unbranched alkanes of at least 4 members (excludes halogenated alkanes) is 5. The second-order valence-corrected chi connectivity index (χ2v) is 8.90. The van der Waals surface area contributed by atoms with Crippen LogP contribution >= 0.6 is 15.9 Å². The molecule has 0 unspecified atom stereocenters. The second-order valence-electron chi connectivity index (χ2n) is 7.98. The summed E-state index contributed by atoms with van der Waals surface area (Å²) in [5.41, 5.74) is 2.37. The number of hydrogen-bond donors (Lipinski definition) is 0. The topological polar surface area (TPSA) is 9.23 Å². The lowest BCUT2D eigenvalue weighted by Gasteiger charge is -2.15. The van der Waals surface area contributed by atoms with Crippen LogP contribution in [-0.4, -0.2) is 6.61 Å². The van der Waals surface area contributed by atoms with Gasteiger partial charge in [-0.2, -0.15) is 0 Å². The van der Waals surface area contributed by atoms with Crippen molar-refractivity contribution in [3.63, 3.8) is 0 Å². The number of fused-ring (bicyclic) bond motifs is 2. The largest absolute Gasteiger partial charge is 0.493 e. The number of rotatable bonds is 9. The first-order chi connectivity index (χ1) is 14.8. The molecule has 0 aliphatic carbocycles. The molecule has 0 saturated heterocycles. The van der Waals surface area contributed by atoms with Crippen molar-refractivity contribution in [3.8, 4) is 16.9 Å². The molecule has 154 valence electrons. The standard InChI is InChI=1S/C28H29BrO/c1-2-3-4-5-6-9-17-30-28-16-15-24(29)20-27(28)25-14-10-13-23-18-21-11-7-8-12-22(21)19-26(23)25/h7-8,10-16,18-20H,2-6,9,17H2,1H3. The van der Waals surface area contributed by atoms with Gasteiger partial charge >= 0.3 is 0 Å². The summed E-state index contributed by atoms with van der Waals surface area (Å²) < 4.78 is 7.34. The predicted molar refractivity (Wildman–Crippen MR) is 133 cm³/mol. The summed E-state index contributed by atoms with van der Waals surface area (Å²) in [5, 5.41) is 5.06. The van der Waals surface area contributed by atoms with Crippen LogP contribution in [0.25, 0.3) is 32.7 Å². The Hall–Kier alpha value is -2.32. The van der Waals surface area contributed by atoms with Crippen molar-refractivity contribution in [2.45, 2.75) is 45.4 Å². The average Bonchev–Trinajstić information content (AvgIpc) is 2.77. The van der Waals surface area contributed by atoms with E-state index < -0.39 is 0 Å². The fraction of sp³-hybridized carbons (Fsp3) is 0.286. The Bertz CT molecular complexity index is 1130. The summed E-state index contributed by atoms with van der Waals surface area (Å²) >= 11 is 3.66. The second kappa shape index (κ2) is 10.1. The molecule has 0 aliphatic rings. The van der Waals surface area contributed by atoms with E-state index in [1.165, 1.54) is 59.2 Å². The zero-order chi connectivity index (χ0) is 20.8. The predicted octanol–water partition coefficient (Wildman–Crippen LogP) is 9.16. The van der Waals surface area contributed by atoms with Gasteiger partial charge in [-0.25, -0.2) is 0 Å². The van der Waals surface area contributed by atoms with Crippen molar-refractivity contribution in [1.29, 1.82) is 0 Å². The van der Waals surface area contributed by atoms with Crippen molar-refractivity contribution >= 4 is 37.5 Å². The molecular weight excluding hydrogens is 432 g/mol. The number of hydrogen-bond acceptors (Lipinski definition) is 1. The Morgan fingerprint density at radius 2 is 1.40 bits per heavy atom. The van der Waals surface area contributed by atoms with Gasteiger partial charge in [0.05, 0.1) is 6.61 Å². The van der Waals surface area contributed by atoms with Crippen LogP contribution in [0.15, 0.2) is 77.3 Å². The fourth-order valence-corrected chi connectivity index (χ4v) is 4.47. The minimum Gasteiger partial charge on any atom is -0.493 e. The summed E-state index contributed by atoms with van der Waals surface area (Å²) in [5.74, 6) is 0.965. The third kappa shape index (κ3) is 4.87. The molecule has 0 N–H and O–H groups in total. The average molecular weight is 461 g/mol. The lowest BCUT2D eigenvalue weighted by Crippen LogP contribution is -1.99. The molecular formula is C28H29BrO. The molecule has 0 saturated carbocycles. The summed E-state index contributed by atoms with van der Waals surface area (Å²) in [6, 6.07) is 26.0. The number of halogens is 1. The van der Waals surface area contributed by atoms with Gasteiger partial charge in [-0.05, 0) is 63.9 Å². The zero-order valence-corrected chi connectivity index (χ0v) is 19.3. The fourth-order valence-electron chi connectivity index (χ4n) is 4.10. The summed E-state index contributed by atoms with van der Waals surface area (Å²) in [7, 11) is 0. The van der Waals surface area contributed by atoms with Gasteiger partial charge < -0.3 is 4.74 Å². The van der Waals surface area contributed by atoms with Gasteiger partial charge in [0.25, 0.3) is 0 Å². The highest BCUT2D eigenvalue weighted by Crippen LogP contribution is 2.38. The van der Waals surface area contributed by atoms with E-state index in [1.807, 2.05) is 0 Å². The van der Waals surface area contributed by atoms with Gasteiger partial charge in [-0.15, -0.1) is 0 Å². The highest BCUT2D eigenvalue weighted by Gasteiger charge is 2.11. The Morgan fingerprint density at radius 3 is 2.23 bits per heavy atom. The highest BCUT2D eigenvalue weighted by atomic mass is 79.9. The molecule has 0 heterocycles. The SMILES string of the molecule is CCCCCCCCOc1ccc(Br)cc1-c1cccc2cc3ccccc3cc12. The lowest BCUT2D eigenvalue weighted by atomic mass is 9.95. The molecule has 4 aromatic rings. The van der Waals surface area contributed by atoms with Crippen molar-refractivity contribution in [3.05, 3.63) is 77.3 Å². The summed E-state index contributed by atoms with van der Waals surface area (Å²) in [6.07, 6.45) is 7.63. The molecule has 0 radical (unpaired) electrons. The maximum atomic E-state index is 6.27. The smallest absolute Gasteiger partial charge is 0.127 e. The van der Waals surface area contributed by atoms with Gasteiger partial charge in [0.1, 0.15) is 5.75 Å². The molecule has 2 heteroatoms. The molecule has 1 nitrogen and oxygen atoms in total. The van der Waals surface area contributed by atoms with Gasteiger partial charge in [0.15, 0.2) is 0 Å². The maximum Gasteiger partial charge on any atom is 0.127 e. The summed E-state index contributed by atoms with van der Waals surface area (Å²) in [6.45, 7) is 3.03. The molecule has 0 amide bonds. The van der Waals surface area contributed by atoms with Crippen LogP contribution in [0.3, 0.4) is 0 Å². The van der Waals surface area contributed by atoms with Crippen molar-refractivity contribution < 1.29 is 4.74 Å². The molecule has 4 aromatic carbocycles. The van der Waals surface area contributed by atoms with E-state index in [4.69, 9.17) is 4.74 Å². The third-order valence-electron chi connectivity index (χ3n) is 5.73. The highest BCUT2D eigenvalue weighted by molar-refractivity contribution is 9.10. The van der Waals surface area contributed by atoms with Gasteiger partial charge in [0, 0.05) is 10.0 Å². The summed E-state index contributed by atoms with van der Waals surface area (Å²) in [4.78, 5) is 0. The van der Waals surface area contributed by atoms with Crippen molar-refractivity contribution in [1.82, 2.24) is 0 Å². The van der Waals surface area contributed by atoms with Gasteiger partial charge in [0.2, 0.25) is 0 Å². The van der Waals surface area contributed by atoms with Gasteiger partial charge in [-0.3, -0.25) is 0 Å². The minimum atomic E-state index is 0.772. The van der Waals surface area contributed by atoms with E-state index in [2.05, 4.69) is 95.7 Å².